The van der Waals surface area contributed by atoms with E-state index in [4.69, 9.17) is 0 Å². The Morgan fingerprint density at radius 2 is 2.12 bits per heavy atom. The number of aromatic nitrogens is 2. The van der Waals surface area contributed by atoms with Gasteiger partial charge in [-0.3, -0.25) is 4.68 Å². The fraction of sp³-hybridized carbons (Fsp3) is 0.778. The number of carbonyl (C=O) groups excluding carboxylic acids is 1. The standard InChI is InChI=1S/C18H32N4O2/c1-13(2)11-18(12-23)8-6-10-22(18)17(24)19-9-7-16-14(3)20-21(5)15(16)4/h13,23H,6-12H2,1-5H3,(H,19,24). The molecule has 2 amide bonds. The van der Waals surface area contributed by atoms with Gasteiger partial charge < -0.3 is 15.3 Å². The summed E-state index contributed by atoms with van der Waals surface area (Å²) in [7, 11) is 1.94. The Morgan fingerprint density at radius 3 is 2.67 bits per heavy atom. The van der Waals surface area contributed by atoms with Gasteiger partial charge in [-0.15, -0.1) is 0 Å². The first-order valence-corrected chi connectivity index (χ1v) is 8.96. The van der Waals surface area contributed by atoms with Gasteiger partial charge in [0.1, 0.15) is 0 Å². The first-order valence-electron chi connectivity index (χ1n) is 8.96. The normalized spacial score (nSPS) is 20.9. The van der Waals surface area contributed by atoms with Crippen molar-refractivity contribution in [3.8, 4) is 0 Å². The summed E-state index contributed by atoms with van der Waals surface area (Å²) in [5.74, 6) is 0.450. The summed E-state index contributed by atoms with van der Waals surface area (Å²) < 4.78 is 1.88. The van der Waals surface area contributed by atoms with Crippen LogP contribution in [-0.4, -0.2) is 51.1 Å². The van der Waals surface area contributed by atoms with Crippen LogP contribution in [0.15, 0.2) is 0 Å². The number of hydrogen-bond donors (Lipinski definition) is 2. The van der Waals surface area contributed by atoms with E-state index < -0.39 is 5.54 Å². The predicted molar refractivity (Wildman–Crippen MR) is 95.0 cm³/mol. The molecule has 6 heteroatoms. The molecule has 0 aliphatic carbocycles. The third kappa shape index (κ3) is 3.74. The van der Waals surface area contributed by atoms with E-state index in [1.165, 1.54) is 5.56 Å². The van der Waals surface area contributed by atoms with E-state index in [0.717, 1.165) is 43.6 Å². The van der Waals surface area contributed by atoms with Crippen molar-refractivity contribution in [1.29, 1.82) is 0 Å². The van der Waals surface area contributed by atoms with Crippen molar-refractivity contribution in [1.82, 2.24) is 20.0 Å². The molecule has 6 nitrogen and oxygen atoms in total. The van der Waals surface area contributed by atoms with Gasteiger partial charge in [0.15, 0.2) is 0 Å². The molecule has 1 saturated heterocycles. The highest BCUT2D eigenvalue weighted by Gasteiger charge is 2.43. The Balaban J connectivity index is 1.96. The van der Waals surface area contributed by atoms with Crippen molar-refractivity contribution < 1.29 is 9.90 Å². The van der Waals surface area contributed by atoms with Crippen LogP contribution < -0.4 is 5.32 Å². The maximum Gasteiger partial charge on any atom is 0.317 e. The van der Waals surface area contributed by atoms with Crippen molar-refractivity contribution >= 4 is 6.03 Å². The van der Waals surface area contributed by atoms with Crippen molar-refractivity contribution in [3.05, 3.63) is 17.0 Å². The Bertz CT molecular complexity index is 582. The van der Waals surface area contributed by atoms with E-state index in [9.17, 15) is 9.90 Å². The number of aryl methyl sites for hydroxylation is 2. The molecule has 24 heavy (non-hydrogen) atoms. The zero-order chi connectivity index (χ0) is 17.9. The molecule has 0 aromatic carbocycles. The van der Waals surface area contributed by atoms with Crippen LogP contribution in [0.2, 0.25) is 0 Å². The second-order valence-electron chi connectivity index (χ2n) is 7.49. The largest absolute Gasteiger partial charge is 0.394 e. The summed E-state index contributed by atoms with van der Waals surface area (Å²) >= 11 is 0. The van der Waals surface area contributed by atoms with E-state index in [1.54, 1.807) is 0 Å². The Labute approximate surface area is 145 Å². The number of hydrogen-bond acceptors (Lipinski definition) is 3. The average Bonchev–Trinajstić information content (AvgIpc) is 3.03. The molecule has 1 unspecified atom stereocenters. The van der Waals surface area contributed by atoms with E-state index in [-0.39, 0.29) is 12.6 Å². The minimum atomic E-state index is -0.390. The molecule has 2 rings (SSSR count). The minimum absolute atomic E-state index is 0.0411. The fourth-order valence-corrected chi connectivity index (χ4v) is 4.03. The molecule has 136 valence electrons. The molecular weight excluding hydrogens is 304 g/mol. The van der Waals surface area contributed by atoms with Crippen LogP contribution in [0.25, 0.3) is 0 Å². The SMILES string of the molecule is Cc1nn(C)c(C)c1CCNC(=O)N1CCCC1(CO)CC(C)C. The molecule has 2 heterocycles. The van der Waals surface area contributed by atoms with Gasteiger partial charge >= 0.3 is 6.03 Å². The number of rotatable bonds is 6. The number of amides is 2. The Kier molecular flexibility index (Phi) is 5.91. The predicted octanol–water partition coefficient (Wildman–Crippen LogP) is 2.16. The van der Waals surface area contributed by atoms with Crippen LogP contribution in [0.1, 0.15) is 50.1 Å². The van der Waals surface area contributed by atoms with Crippen LogP contribution in [-0.2, 0) is 13.5 Å². The number of nitrogens with one attached hydrogen (secondary N) is 1. The monoisotopic (exact) mass is 336 g/mol. The Hall–Kier alpha value is -1.56. The second-order valence-corrected chi connectivity index (χ2v) is 7.49. The van der Waals surface area contributed by atoms with Crippen molar-refractivity contribution in [3.63, 3.8) is 0 Å². The summed E-state index contributed by atoms with van der Waals surface area (Å²) in [5, 5.41) is 17.4. The molecule has 1 fully saturated rings. The molecular formula is C18H32N4O2. The topological polar surface area (TPSA) is 70.4 Å². The van der Waals surface area contributed by atoms with Gasteiger partial charge in [0.25, 0.3) is 0 Å². The van der Waals surface area contributed by atoms with Crippen molar-refractivity contribution in [2.75, 3.05) is 19.7 Å². The number of aliphatic hydroxyl groups is 1. The van der Waals surface area contributed by atoms with Crippen LogP contribution >= 0.6 is 0 Å². The highest BCUT2D eigenvalue weighted by Crippen LogP contribution is 2.34. The average molecular weight is 336 g/mol. The van der Waals surface area contributed by atoms with Gasteiger partial charge in [0, 0.05) is 25.8 Å². The number of carbonyl (C=O) groups is 1. The molecule has 0 spiro atoms. The molecule has 1 atom stereocenters. The minimum Gasteiger partial charge on any atom is -0.394 e. The summed E-state index contributed by atoms with van der Waals surface area (Å²) in [5.41, 5.74) is 2.98. The highest BCUT2D eigenvalue weighted by molar-refractivity contribution is 5.75. The van der Waals surface area contributed by atoms with Gasteiger partial charge in [-0.25, -0.2) is 4.79 Å². The first-order chi connectivity index (χ1) is 11.3. The van der Waals surface area contributed by atoms with Gasteiger partial charge in [0.2, 0.25) is 0 Å². The van der Waals surface area contributed by atoms with Crippen molar-refractivity contribution in [2.24, 2.45) is 13.0 Å². The number of aliphatic hydroxyl groups excluding tert-OH is 1. The molecule has 0 radical (unpaired) electrons. The van der Waals surface area contributed by atoms with Gasteiger partial charge in [-0.05, 0) is 51.0 Å². The molecule has 1 aliphatic heterocycles. The van der Waals surface area contributed by atoms with E-state index in [1.807, 2.05) is 23.6 Å². The van der Waals surface area contributed by atoms with Gasteiger partial charge in [-0.2, -0.15) is 5.10 Å². The van der Waals surface area contributed by atoms with Gasteiger partial charge in [0.05, 0.1) is 17.8 Å². The third-order valence-electron chi connectivity index (χ3n) is 5.23. The molecule has 2 N–H and O–H groups in total. The lowest BCUT2D eigenvalue weighted by molar-refractivity contribution is 0.0677. The van der Waals surface area contributed by atoms with E-state index in [2.05, 4.69) is 31.2 Å². The summed E-state index contributed by atoms with van der Waals surface area (Å²) in [4.78, 5) is 14.5. The van der Waals surface area contributed by atoms with Gasteiger partial charge in [-0.1, -0.05) is 13.8 Å². The van der Waals surface area contributed by atoms with Crippen molar-refractivity contribution in [2.45, 2.75) is 58.9 Å². The number of urea groups is 1. The maximum absolute atomic E-state index is 12.6. The van der Waals surface area contributed by atoms with E-state index in [0.29, 0.717) is 12.5 Å². The van der Waals surface area contributed by atoms with E-state index >= 15 is 0 Å². The Morgan fingerprint density at radius 1 is 1.42 bits per heavy atom. The van der Waals surface area contributed by atoms with Crippen LogP contribution in [0.4, 0.5) is 4.79 Å². The first kappa shape index (κ1) is 18.8. The number of nitrogens with zero attached hydrogens (tertiary/aromatic N) is 3. The lowest BCUT2D eigenvalue weighted by Crippen LogP contribution is -2.54. The molecule has 1 aliphatic rings. The fourth-order valence-electron chi connectivity index (χ4n) is 4.03. The lowest BCUT2D eigenvalue weighted by atomic mass is 9.87. The molecule has 0 saturated carbocycles. The summed E-state index contributed by atoms with van der Waals surface area (Å²) in [6, 6.07) is -0.0543. The molecule has 1 aromatic heterocycles. The van der Waals surface area contributed by atoms with Crippen LogP contribution in [0, 0.1) is 19.8 Å². The zero-order valence-corrected chi connectivity index (χ0v) is 15.7. The molecule has 1 aromatic rings. The zero-order valence-electron chi connectivity index (χ0n) is 15.7. The van der Waals surface area contributed by atoms with Crippen LogP contribution in [0.5, 0.6) is 0 Å². The van der Waals surface area contributed by atoms with Crippen LogP contribution in [0.3, 0.4) is 0 Å². The third-order valence-corrected chi connectivity index (χ3v) is 5.23. The lowest BCUT2D eigenvalue weighted by Gasteiger charge is -2.38. The highest BCUT2D eigenvalue weighted by atomic mass is 16.3. The number of likely N-dealkylation sites (tertiary alicyclic amines) is 1. The quantitative estimate of drug-likeness (QED) is 0.836. The molecule has 0 bridgehead atoms. The maximum atomic E-state index is 12.6. The summed E-state index contributed by atoms with van der Waals surface area (Å²) in [6.45, 7) is 9.69. The second kappa shape index (κ2) is 7.55. The summed E-state index contributed by atoms with van der Waals surface area (Å²) in [6.07, 6.45) is 3.47. The smallest absolute Gasteiger partial charge is 0.317 e.